The van der Waals surface area contributed by atoms with Crippen molar-refractivity contribution in [2.24, 2.45) is 0 Å². The van der Waals surface area contributed by atoms with Crippen LogP contribution in [-0.2, 0) is 0 Å². The minimum absolute atomic E-state index is 0.651. The fourth-order valence-electron chi connectivity index (χ4n) is 3.87. The molecule has 0 aliphatic carbocycles. The smallest absolute Gasteiger partial charge is 0.226 e. The molecule has 0 radical (unpaired) electrons. The molecule has 0 bridgehead atoms. The van der Waals surface area contributed by atoms with Gasteiger partial charge in [-0.15, -0.1) is 0 Å². The van der Waals surface area contributed by atoms with E-state index in [0.29, 0.717) is 11.5 Å². The molecular formula is C23H23N5O2. The van der Waals surface area contributed by atoms with E-state index < -0.39 is 0 Å². The normalized spacial score (nSPS) is 14.3. The number of methoxy groups -OCH3 is 2. The van der Waals surface area contributed by atoms with Crippen molar-refractivity contribution in [3.8, 4) is 22.8 Å². The number of benzene rings is 2. The fraction of sp³-hybridized carbons (Fsp3) is 0.261. The number of piperazine rings is 1. The van der Waals surface area contributed by atoms with Gasteiger partial charge in [-0.3, -0.25) is 4.98 Å². The average molecular weight is 401 g/mol. The summed E-state index contributed by atoms with van der Waals surface area (Å²) >= 11 is 0. The van der Waals surface area contributed by atoms with Gasteiger partial charge in [0.15, 0.2) is 11.5 Å². The van der Waals surface area contributed by atoms with Crippen LogP contribution in [0.2, 0.25) is 0 Å². The van der Waals surface area contributed by atoms with Crippen molar-refractivity contribution < 1.29 is 9.47 Å². The molecule has 0 unspecified atom stereocenters. The Hall–Kier alpha value is -3.45. The number of para-hydroxylation sites is 1. The van der Waals surface area contributed by atoms with Crippen LogP contribution in [0.4, 0.5) is 5.95 Å². The van der Waals surface area contributed by atoms with Crippen molar-refractivity contribution in [1.29, 1.82) is 0 Å². The monoisotopic (exact) mass is 401 g/mol. The maximum atomic E-state index is 5.54. The van der Waals surface area contributed by atoms with Gasteiger partial charge in [-0.1, -0.05) is 18.2 Å². The molecule has 7 heteroatoms. The molecular weight excluding hydrogens is 378 g/mol. The zero-order valence-electron chi connectivity index (χ0n) is 17.1. The summed E-state index contributed by atoms with van der Waals surface area (Å²) in [5, 5.41) is 5.36. The molecule has 5 rings (SSSR count). The Morgan fingerprint density at radius 3 is 2.47 bits per heavy atom. The molecule has 2 aromatic heterocycles. The highest BCUT2D eigenvalue weighted by Gasteiger charge is 2.19. The van der Waals surface area contributed by atoms with Crippen molar-refractivity contribution in [3.63, 3.8) is 0 Å². The van der Waals surface area contributed by atoms with E-state index in [1.54, 1.807) is 14.2 Å². The van der Waals surface area contributed by atoms with Crippen molar-refractivity contribution in [2.45, 2.75) is 0 Å². The summed E-state index contributed by atoms with van der Waals surface area (Å²) in [6.07, 6.45) is 1.88. The van der Waals surface area contributed by atoms with E-state index in [2.05, 4.69) is 27.3 Å². The molecule has 3 heterocycles. The topological polar surface area (TPSA) is 72.4 Å². The zero-order chi connectivity index (χ0) is 20.5. The molecule has 4 aromatic rings. The molecule has 0 atom stereocenters. The van der Waals surface area contributed by atoms with Gasteiger partial charge in [-0.2, -0.15) is 0 Å². The molecule has 30 heavy (non-hydrogen) atoms. The van der Waals surface area contributed by atoms with Crippen LogP contribution in [0.3, 0.4) is 0 Å². The van der Waals surface area contributed by atoms with Gasteiger partial charge >= 0.3 is 0 Å². The average Bonchev–Trinajstić information content (AvgIpc) is 2.82. The molecule has 1 aliphatic heterocycles. The predicted molar refractivity (Wildman–Crippen MR) is 118 cm³/mol. The SMILES string of the molecule is COc1cc2nc(N3CCNCC3)nc(-c3cnc4ccccc4c3)c2cc1OC. The molecule has 1 fully saturated rings. The molecule has 0 amide bonds. The maximum Gasteiger partial charge on any atom is 0.226 e. The van der Waals surface area contributed by atoms with Crippen LogP contribution in [0.25, 0.3) is 33.1 Å². The molecule has 7 nitrogen and oxygen atoms in total. The van der Waals surface area contributed by atoms with E-state index >= 15 is 0 Å². The number of nitrogens with one attached hydrogen (secondary N) is 1. The molecule has 1 saturated heterocycles. The van der Waals surface area contributed by atoms with Gasteiger partial charge in [0, 0.05) is 54.8 Å². The Labute approximate surface area is 174 Å². The first-order valence-corrected chi connectivity index (χ1v) is 10.0. The van der Waals surface area contributed by atoms with Gasteiger partial charge in [0.2, 0.25) is 5.95 Å². The van der Waals surface area contributed by atoms with Gasteiger partial charge < -0.3 is 19.7 Å². The first-order chi connectivity index (χ1) is 14.8. The largest absolute Gasteiger partial charge is 0.493 e. The maximum absolute atomic E-state index is 5.54. The number of anilines is 1. The van der Waals surface area contributed by atoms with Crippen LogP contribution in [0.5, 0.6) is 11.5 Å². The third-order valence-corrected chi connectivity index (χ3v) is 5.45. The van der Waals surface area contributed by atoms with Crippen molar-refractivity contribution in [2.75, 3.05) is 45.3 Å². The van der Waals surface area contributed by atoms with Crippen LogP contribution in [0.15, 0.2) is 48.7 Å². The number of hydrogen-bond donors (Lipinski definition) is 1. The highest BCUT2D eigenvalue weighted by molar-refractivity contribution is 5.97. The molecule has 2 aromatic carbocycles. The Kier molecular flexibility index (Phi) is 4.80. The summed E-state index contributed by atoms with van der Waals surface area (Å²) in [6, 6.07) is 14.1. The molecule has 152 valence electrons. The summed E-state index contributed by atoms with van der Waals surface area (Å²) < 4.78 is 11.0. The summed E-state index contributed by atoms with van der Waals surface area (Å²) in [5.74, 6) is 2.02. The van der Waals surface area contributed by atoms with Crippen LogP contribution in [0, 0.1) is 0 Å². The second kappa shape index (κ2) is 7.76. The summed E-state index contributed by atoms with van der Waals surface area (Å²) in [7, 11) is 3.27. The minimum atomic E-state index is 0.651. The number of nitrogens with zero attached hydrogens (tertiary/aromatic N) is 4. The summed E-state index contributed by atoms with van der Waals surface area (Å²) in [4.78, 5) is 16.7. The second-order valence-corrected chi connectivity index (χ2v) is 7.25. The van der Waals surface area contributed by atoms with Crippen molar-refractivity contribution >= 4 is 27.8 Å². The quantitative estimate of drug-likeness (QED) is 0.563. The number of fused-ring (bicyclic) bond motifs is 2. The Morgan fingerprint density at radius 2 is 1.67 bits per heavy atom. The first-order valence-electron chi connectivity index (χ1n) is 10.0. The van der Waals surface area contributed by atoms with E-state index in [9.17, 15) is 0 Å². The fourth-order valence-corrected chi connectivity index (χ4v) is 3.87. The molecule has 0 saturated carbocycles. The van der Waals surface area contributed by atoms with Crippen LogP contribution >= 0.6 is 0 Å². The Morgan fingerprint density at radius 1 is 0.900 bits per heavy atom. The minimum Gasteiger partial charge on any atom is -0.493 e. The number of aromatic nitrogens is 3. The van der Waals surface area contributed by atoms with Gasteiger partial charge in [-0.25, -0.2) is 9.97 Å². The van der Waals surface area contributed by atoms with Gasteiger partial charge in [0.1, 0.15) is 0 Å². The number of hydrogen-bond acceptors (Lipinski definition) is 7. The lowest BCUT2D eigenvalue weighted by molar-refractivity contribution is 0.356. The van der Waals surface area contributed by atoms with Crippen molar-refractivity contribution in [1.82, 2.24) is 20.3 Å². The van der Waals surface area contributed by atoms with E-state index in [1.165, 1.54) is 0 Å². The van der Waals surface area contributed by atoms with E-state index in [4.69, 9.17) is 19.4 Å². The summed E-state index contributed by atoms with van der Waals surface area (Å²) in [5.41, 5.74) is 3.57. The lowest BCUT2D eigenvalue weighted by Crippen LogP contribution is -2.44. The highest BCUT2D eigenvalue weighted by Crippen LogP contribution is 2.37. The van der Waals surface area contributed by atoms with Crippen molar-refractivity contribution in [3.05, 3.63) is 48.7 Å². The molecule has 1 aliphatic rings. The third-order valence-electron chi connectivity index (χ3n) is 5.45. The van der Waals surface area contributed by atoms with Crippen LogP contribution in [0.1, 0.15) is 0 Å². The third kappa shape index (κ3) is 3.27. The number of rotatable bonds is 4. The van der Waals surface area contributed by atoms with Gasteiger partial charge in [0.05, 0.1) is 30.9 Å². The van der Waals surface area contributed by atoms with E-state index in [-0.39, 0.29) is 0 Å². The molecule has 1 N–H and O–H groups in total. The van der Waals surface area contributed by atoms with Gasteiger partial charge in [0.25, 0.3) is 0 Å². The summed E-state index contributed by atoms with van der Waals surface area (Å²) in [6.45, 7) is 3.57. The van der Waals surface area contributed by atoms with E-state index in [1.807, 2.05) is 36.5 Å². The standard InChI is InChI=1S/C23H23N5O2/c1-29-20-12-17-19(13-21(20)30-2)26-23(28-9-7-24-8-10-28)27-22(17)16-11-15-5-3-4-6-18(15)25-14-16/h3-6,11-14,24H,7-10H2,1-2H3. The lowest BCUT2D eigenvalue weighted by Gasteiger charge is -2.28. The Bertz CT molecular complexity index is 1220. The zero-order valence-corrected chi connectivity index (χ0v) is 17.1. The van der Waals surface area contributed by atoms with E-state index in [0.717, 1.165) is 65.2 Å². The Balaban J connectivity index is 1.75. The number of pyridine rings is 1. The van der Waals surface area contributed by atoms with Crippen LogP contribution < -0.4 is 19.7 Å². The van der Waals surface area contributed by atoms with Gasteiger partial charge in [-0.05, 0) is 18.2 Å². The second-order valence-electron chi connectivity index (χ2n) is 7.25. The first kappa shape index (κ1) is 18.6. The number of ether oxygens (including phenoxy) is 2. The van der Waals surface area contributed by atoms with Crippen LogP contribution in [-0.4, -0.2) is 55.4 Å². The highest BCUT2D eigenvalue weighted by atomic mass is 16.5. The predicted octanol–water partition coefficient (Wildman–Crippen LogP) is 3.27. The molecule has 0 spiro atoms. The lowest BCUT2D eigenvalue weighted by atomic mass is 10.1.